The Morgan fingerprint density at radius 3 is 1.93 bits per heavy atom. The van der Waals surface area contributed by atoms with E-state index in [1.54, 1.807) is 0 Å². The molecule has 0 rings (SSSR count). The van der Waals surface area contributed by atoms with Gasteiger partial charge in [-0.15, -0.1) is 0 Å². The Morgan fingerprint density at radius 1 is 1.00 bits per heavy atom. The molecule has 0 amide bonds. The van der Waals surface area contributed by atoms with Crippen molar-refractivity contribution >= 4 is 0 Å². The van der Waals surface area contributed by atoms with Crippen molar-refractivity contribution in [2.75, 3.05) is 46.9 Å². The molecule has 1 atom stereocenters. The van der Waals surface area contributed by atoms with Gasteiger partial charge >= 0.3 is 0 Å². The molecule has 4 heteroatoms. The van der Waals surface area contributed by atoms with Crippen LogP contribution < -0.4 is 0 Å². The number of hydrogen-bond acceptors (Lipinski definition) is 4. The van der Waals surface area contributed by atoms with Gasteiger partial charge in [0.15, 0.2) is 0 Å². The maximum atomic E-state index is 8.83. The van der Waals surface area contributed by atoms with Crippen molar-refractivity contribution in [2.24, 2.45) is 0 Å². The molecule has 0 aromatic carbocycles. The first kappa shape index (κ1) is 14.8. The highest BCUT2D eigenvalue weighted by Gasteiger charge is 2.07. The van der Waals surface area contributed by atoms with Crippen molar-refractivity contribution in [3.8, 4) is 0 Å². The summed E-state index contributed by atoms with van der Waals surface area (Å²) >= 11 is 0. The number of hydrogen-bond donors (Lipinski definition) is 2. The van der Waals surface area contributed by atoms with Crippen LogP contribution in [-0.2, 0) is 0 Å². The van der Waals surface area contributed by atoms with Crippen molar-refractivity contribution in [3.05, 3.63) is 0 Å². The fourth-order valence-corrected chi connectivity index (χ4v) is 1.49. The average Bonchev–Trinajstić information content (AvgIpc) is 2.18. The molecule has 4 nitrogen and oxygen atoms in total. The van der Waals surface area contributed by atoms with E-state index < -0.39 is 0 Å². The molecule has 0 radical (unpaired) electrons. The second kappa shape index (κ2) is 9.09. The summed E-state index contributed by atoms with van der Waals surface area (Å²) < 4.78 is 0. The first-order chi connectivity index (χ1) is 7.11. The number of aliphatic hydroxyl groups excluding tert-OH is 2. The minimum absolute atomic E-state index is 0.170. The average molecular weight is 218 g/mol. The summed E-state index contributed by atoms with van der Waals surface area (Å²) in [6, 6.07) is 0.593. The van der Waals surface area contributed by atoms with Crippen molar-refractivity contribution < 1.29 is 10.2 Å². The van der Waals surface area contributed by atoms with Crippen molar-refractivity contribution in [1.82, 2.24) is 9.80 Å². The highest BCUT2D eigenvalue weighted by Crippen LogP contribution is 2.03. The Morgan fingerprint density at radius 2 is 1.53 bits per heavy atom. The maximum Gasteiger partial charge on any atom is 0.0558 e. The van der Waals surface area contributed by atoms with Gasteiger partial charge in [0, 0.05) is 19.1 Å². The topological polar surface area (TPSA) is 46.9 Å². The third-order valence-electron chi connectivity index (χ3n) is 2.81. The van der Waals surface area contributed by atoms with Gasteiger partial charge in [-0.05, 0) is 40.4 Å². The minimum atomic E-state index is 0.170. The predicted molar refractivity (Wildman–Crippen MR) is 63.0 cm³/mol. The van der Waals surface area contributed by atoms with Crippen LogP contribution in [0.3, 0.4) is 0 Å². The highest BCUT2D eigenvalue weighted by atomic mass is 16.3. The summed E-state index contributed by atoms with van der Waals surface area (Å²) in [5.74, 6) is 0. The normalized spacial score (nSPS) is 13.8. The Hall–Kier alpha value is -0.160. The molecular formula is C11H26N2O2. The van der Waals surface area contributed by atoms with Gasteiger partial charge in [-0.2, -0.15) is 0 Å². The van der Waals surface area contributed by atoms with Crippen LogP contribution in [0.1, 0.15) is 19.8 Å². The Labute approximate surface area is 93.5 Å². The lowest BCUT2D eigenvalue weighted by atomic mass is 10.1. The van der Waals surface area contributed by atoms with Crippen LogP contribution in [0, 0.1) is 0 Å². The molecule has 0 spiro atoms. The maximum absolute atomic E-state index is 8.83. The van der Waals surface area contributed by atoms with E-state index in [0.717, 1.165) is 19.4 Å². The molecule has 0 saturated heterocycles. The molecule has 0 aliphatic rings. The Kier molecular flexibility index (Phi) is 9.00. The van der Waals surface area contributed by atoms with Gasteiger partial charge in [-0.3, -0.25) is 4.90 Å². The standard InChI is InChI=1S/C11H26N2O2/c1-11(12(2)3)5-4-6-13(7-9-14)8-10-15/h11,14-15H,4-10H2,1-3H3. The Balaban J connectivity index is 3.60. The lowest BCUT2D eigenvalue weighted by Gasteiger charge is -2.23. The number of nitrogens with zero attached hydrogens (tertiary/aromatic N) is 2. The van der Waals surface area contributed by atoms with Crippen LogP contribution in [0.15, 0.2) is 0 Å². The third-order valence-corrected chi connectivity index (χ3v) is 2.81. The van der Waals surface area contributed by atoms with E-state index in [2.05, 4.69) is 30.8 Å². The zero-order chi connectivity index (χ0) is 11.7. The second-order valence-electron chi connectivity index (χ2n) is 4.24. The zero-order valence-corrected chi connectivity index (χ0v) is 10.3. The van der Waals surface area contributed by atoms with Gasteiger partial charge < -0.3 is 15.1 Å². The summed E-state index contributed by atoms with van der Waals surface area (Å²) in [7, 11) is 4.17. The molecule has 0 aliphatic carbocycles. The first-order valence-electron chi connectivity index (χ1n) is 5.72. The van der Waals surface area contributed by atoms with Gasteiger partial charge in [0.05, 0.1) is 13.2 Å². The quantitative estimate of drug-likeness (QED) is 0.572. The predicted octanol–water partition coefficient (Wildman–Crippen LogP) is 0.00330. The van der Waals surface area contributed by atoms with Gasteiger partial charge in [-0.25, -0.2) is 0 Å². The molecule has 0 saturated carbocycles. The van der Waals surface area contributed by atoms with Gasteiger partial charge in [0.25, 0.3) is 0 Å². The molecule has 1 unspecified atom stereocenters. The van der Waals surface area contributed by atoms with Crippen LogP contribution in [-0.4, -0.2) is 73.0 Å². The van der Waals surface area contributed by atoms with Crippen LogP contribution >= 0.6 is 0 Å². The molecule has 0 aromatic heterocycles. The zero-order valence-electron chi connectivity index (χ0n) is 10.3. The fraction of sp³-hybridized carbons (Fsp3) is 1.00. The molecule has 2 N–H and O–H groups in total. The monoisotopic (exact) mass is 218 g/mol. The molecule has 0 bridgehead atoms. The number of rotatable bonds is 9. The van der Waals surface area contributed by atoms with E-state index in [0.29, 0.717) is 19.1 Å². The van der Waals surface area contributed by atoms with Crippen LogP contribution in [0.4, 0.5) is 0 Å². The first-order valence-corrected chi connectivity index (χ1v) is 5.72. The lowest BCUT2D eigenvalue weighted by molar-refractivity contribution is 0.156. The summed E-state index contributed by atoms with van der Waals surface area (Å²) in [6.45, 7) is 4.84. The van der Waals surface area contributed by atoms with Crippen LogP contribution in [0.25, 0.3) is 0 Å². The molecule has 0 aromatic rings. The minimum Gasteiger partial charge on any atom is -0.395 e. The summed E-state index contributed by atoms with van der Waals surface area (Å²) in [5.41, 5.74) is 0. The lowest BCUT2D eigenvalue weighted by Crippen LogP contribution is -2.32. The molecule has 92 valence electrons. The van der Waals surface area contributed by atoms with Crippen molar-refractivity contribution in [3.63, 3.8) is 0 Å². The summed E-state index contributed by atoms with van der Waals surface area (Å²) in [6.07, 6.45) is 2.26. The molecule has 0 fully saturated rings. The molecule has 0 heterocycles. The van der Waals surface area contributed by atoms with Crippen molar-refractivity contribution in [2.45, 2.75) is 25.8 Å². The van der Waals surface area contributed by atoms with Crippen molar-refractivity contribution in [1.29, 1.82) is 0 Å². The van der Waals surface area contributed by atoms with E-state index in [1.165, 1.54) is 0 Å². The third kappa shape index (κ3) is 7.73. The van der Waals surface area contributed by atoms with Crippen LogP contribution in [0.2, 0.25) is 0 Å². The van der Waals surface area contributed by atoms with Gasteiger partial charge in [0.1, 0.15) is 0 Å². The fourth-order valence-electron chi connectivity index (χ4n) is 1.49. The summed E-state index contributed by atoms with van der Waals surface area (Å²) in [4.78, 5) is 4.31. The smallest absolute Gasteiger partial charge is 0.0558 e. The SMILES string of the molecule is CC(CCCN(CCO)CCO)N(C)C. The van der Waals surface area contributed by atoms with E-state index >= 15 is 0 Å². The van der Waals surface area contributed by atoms with E-state index in [1.807, 2.05) is 0 Å². The molecular weight excluding hydrogens is 192 g/mol. The second-order valence-corrected chi connectivity index (χ2v) is 4.24. The van der Waals surface area contributed by atoms with E-state index in [4.69, 9.17) is 10.2 Å². The molecule has 15 heavy (non-hydrogen) atoms. The summed E-state index contributed by atoms with van der Waals surface area (Å²) in [5, 5.41) is 17.7. The van der Waals surface area contributed by atoms with Crippen LogP contribution in [0.5, 0.6) is 0 Å². The van der Waals surface area contributed by atoms with E-state index in [9.17, 15) is 0 Å². The largest absolute Gasteiger partial charge is 0.395 e. The highest BCUT2D eigenvalue weighted by molar-refractivity contribution is 4.62. The number of aliphatic hydroxyl groups is 2. The Bertz CT molecular complexity index is 137. The van der Waals surface area contributed by atoms with Gasteiger partial charge in [0.2, 0.25) is 0 Å². The van der Waals surface area contributed by atoms with E-state index in [-0.39, 0.29) is 13.2 Å². The molecule has 0 aliphatic heterocycles. The van der Waals surface area contributed by atoms with Gasteiger partial charge in [-0.1, -0.05) is 0 Å².